The van der Waals surface area contributed by atoms with E-state index in [4.69, 9.17) is 18.9 Å². The normalized spacial score (nSPS) is 13.7. The van der Waals surface area contributed by atoms with Gasteiger partial charge in [-0.25, -0.2) is 4.79 Å². The number of aliphatic carboxylic acids is 1. The summed E-state index contributed by atoms with van der Waals surface area (Å²) in [6.07, 6.45) is 79.6. The van der Waals surface area contributed by atoms with Crippen LogP contribution in [0.5, 0.6) is 0 Å². The highest BCUT2D eigenvalue weighted by atomic mass is 16.7. The summed E-state index contributed by atoms with van der Waals surface area (Å²) < 4.78 is 22.9. The fraction of sp³-hybridized carbons (Fsp3) is 0.632. The minimum absolute atomic E-state index is 0.177. The van der Waals surface area contributed by atoms with Crippen molar-refractivity contribution in [1.82, 2.24) is 0 Å². The monoisotopic (exact) mass is 1070 g/mol. The number of carbonyl (C=O) groups excluding carboxylic acids is 2. The molecular formula is C68H112NO8+. The molecular weight excluding hydrogens is 959 g/mol. The van der Waals surface area contributed by atoms with Crippen molar-refractivity contribution >= 4 is 17.9 Å². The highest BCUT2D eigenvalue weighted by Crippen LogP contribution is 2.15. The van der Waals surface area contributed by atoms with Gasteiger partial charge in [-0.1, -0.05) is 231 Å². The summed E-state index contributed by atoms with van der Waals surface area (Å²) >= 11 is 0. The maximum absolute atomic E-state index is 12.9. The third-order valence-electron chi connectivity index (χ3n) is 12.4. The molecule has 0 radical (unpaired) electrons. The maximum Gasteiger partial charge on any atom is 0.361 e. The second-order valence-electron chi connectivity index (χ2n) is 20.9. The van der Waals surface area contributed by atoms with Crippen LogP contribution in [0.15, 0.2) is 134 Å². The number of likely N-dealkylation sites (N-methyl/N-ethyl adjacent to an activating group) is 1. The molecule has 1 N–H and O–H groups in total. The summed E-state index contributed by atoms with van der Waals surface area (Å²) in [6, 6.07) is 0. The van der Waals surface area contributed by atoms with Crippen molar-refractivity contribution in [3.05, 3.63) is 134 Å². The molecule has 0 saturated heterocycles. The summed E-state index contributed by atoms with van der Waals surface area (Å²) in [6.45, 7) is 4.61. The van der Waals surface area contributed by atoms with Crippen LogP contribution in [0.4, 0.5) is 0 Å². The van der Waals surface area contributed by atoms with Crippen molar-refractivity contribution in [3.63, 3.8) is 0 Å². The Morgan fingerprint density at radius 2 is 0.701 bits per heavy atom. The van der Waals surface area contributed by atoms with E-state index in [0.717, 1.165) is 128 Å². The number of hydrogen-bond acceptors (Lipinski definition) is 7. The average Bonchev–Trinajstić information content (AvgIpc) is 3.40. The number of esters is 2. The molecule has 0 aromatic rings. The van der Waals surface area contributed by atoms with Crippen molar-refractivity contribution in [2.45, 2.75) is 232 Å². The predicted octanol–water partition coefficient (Wildman–Crippen LogP) is 18.2. The van der Waals surface area contributed by atoms with Crippen LogP contribution >= 0.6 is 0 Å². The molecule has 2 atom stereocenters. The summed E-state index contributed by atoms with van der Waals surface area (Å²) in [5, 5.41) is 9.72. The van der Waals surface area contributed by atoms with Gasteiger partial charge in [-0.2, -0.15) is 0 Å². The summed E-state index contributed by atoms with van der Waals surface area (Å²) in [5.41, 5.74) is 0. The molecule has 9 nitrogen and oxygen atoms in total. The smallest absolute Gasteiger partial charge is 0.361 e. The lowest BCUT2D eigenvalue weighted by Crippen LogP contribution is -2.40. The van der Waals surface area contributed by atoms with E-state index in [1.165, 1.54) is 57.8 Å². The highest BCUT2D eigenvalue weighted by Gasteiger charge is 2.25. The van der Waals surface area contributed by atoms with Crippen molar-refractivity contribution < 1.29 is 42.9 Å². The molecule has 0 spiro atoms. The molecule has 0 aliphatic carbocycles. The number of allylic oxidation sites excluding steroid dienone is 22. The van der Waals surface area contributed by atoms with Crippen LogP contribution in [0.3, 0.4) is 0 Å². The van der Waals surface area contributed by atoms with Gasteiger partial charge in [0.15, 0.2) is 6.10 Å². The van der Waals surface area contributed by atoms with E-state index in [1.54, 1.807) is 0 Å². The minimum atomic E-state index is -1.52. The molecule has 9 heteroatoms. The van der Waals surface area contributed by atoms with Crippen molar-refractivity contribution in [3.8, 4) is 0 Å². The first-order chi connectivity index (χ1) is 37.6. The second-order valence-corrected chi connectivity index (χ2v) is 20.9. The standard InChI is InChI=1S/C68H111NO8/c1-6-8-10-12-14-16-18-20-22-24-26-28-29-30-31-32-33-34-35-36-37-39-41-43-45-47-49-51-53-55-57-59-66(71)77-64(63-76-68(67(72)73)74-61-60-69(3,4)5)62-75-65(70)58-56-54-52-50-48-46-44-42-40-38-27-25-23-21-19-17-15-13-11-9-7-2/h8-11,14-17,20-23,26-28,30-31,33-34,38,42,44,64,68H,6-7,12-13,18-19,24-25,29,32,35-37,39-41,43,45-63H2,1-5H3/p+1/b10-8-,11-9-,16-14-,17-15-,22-20-,23-21-,28-26-,31-30-,34-33-,38-27-,44-42-. The molecule has 77 heavy (non-hydrogen) atoms. The molecule has 0 heterocycles. The Labute approximate surface area is 471 Å². The van der Waals surface area contributed by atoms with E-state index in [1.807, 2.05) is 21.1 Å². The van der Waals surface area contributed by atoms with Crippen LogP contribution < -0.4 is 0 Å². The molecule has 0 fully saturated rings. The maximum atomic E-state index is 12.9. The molecule has 0 amide bonds. The average molecular weight is 1070 g/mol. The number of rotatable bonds is 54. The fourth-order valence-electron chi connectivity index (χ4n) is 7.81. The molecule has 0 bridgehead atoms. The molecule has 0 aliphatic rings. The Bertz CT molecular complexity index is 1720. The minimum Gasteiger partial charge on any atom is -0.477 e. The molecule has 0 aromatic heterocycles. The molecule has 436 valence electrons. The number of carbonyl (C=O) groups is 3. The summed E-state index contributed by atoms with van der Waals surface area (Å²) in [4.78, 5) is 37.5. The molecule has 2 unspecified atom stereocenters. The number of unbranched alkanes of at least 4 members (excludes halogenated alkanes) is 17. The van der Waals surface area contributed by atoms with Gasteiger partial charge in [0.25, 0.3) is 6.29 Å². The number of nitrogens with zero attached hydrogens (tertiary/aromatic N) is 1. The van der Waals surface area contributed by atoms with Gasteiger partial charge in [0.2, 0.25) is 0 Å². The second kappa shape index (κ2) is 57.6. The largest absolute Gasteiger partial charge is 0.477 e. The first-order valence-electron chi connectivity index (χ1n) is 30.3. The first-order valence-corrected chi connectivity index (χ1v) is 30.3. The van der Waals surface area contributed by atoms with E-state index in [0.29, 0.717) is 17.4 Å². The van der Waals surface area contributed by atoms with E-state index >= 15 is 0 Å². The number of hydrogen-bond donors (Lipinski definition) is 1. The molecule has 0 saturated carbocycles. The van der Waals surface area contributed by atoms with Gasteiger partial charge in [-0.15, -0.1) is 0 Å². The molecule has 0 rings (SSSR count). The van der Waals surface area contributed by atoms with Gasteiger partial charge in [0.05, 0.1) is 34.4 Å². The lowest BCUT2D eigenvalue weighted by molar-refractivity contribution is -0.870. The van der Waals surface area contributed by atoms with Crippen LogP contribution in [0.1, 0.15) is 219 Å². The first kappa shape index (κ1) is 72.4. The van der Waals surface area contributed by atoms with Gasteiger partial charge in [-0.3, -0.25) is 9.59 Å². The third kappa shape index (κ3) is 58.9. The van der Waals surface area contributed by atoms with Crippen molar-refractivity contribution in [2.75, 3.05) is 47.5 Å². The SMILES string of the molecule is CC/C=C\C/C=C\C/C=C\C/C=C\C/C=C\C/C=C\CCCCCCCCCCCCCCC(=O)OC(COC(=O)CCCCCCC/C=C\C/C=C\C/C=C\C/C=C\C/C=C\CC)COC(OCC[N+](C)(C)C)C(=O)O. The molecule has 0 aromatic carbocycles. The number of carboxylic acid groups (broad SMARTS) is 1. The van der Waals surface area contributed by atoms with E-state index in [2.05, 4.69) is 148 Å². The Morgan fingerprint density at radius 3 is 1.04 bits per heavy atom. The van der Waals surface area contributed by atoms with Crippen molar-refractivity contribution in [1.29, 1.82) is 0 Å². The zero-order valence-corrected chi connectivity index (χ0v) is 49.6. The van der Waals surface area contributed by atoms with Gasteiger partial charge < -0.3 is 28.5 Å². The van der Waals surface area contributed by atoms with Crippen LogP contribution in [-0.4, -0.2) is 87.4 Å². The van der Waals surface area contributed by atoms with Crippen LogP contribution in [0, 0.1) is 0 Å². The third-order valence-corrected chi connectivity index (χ3v) is 12.4. The van der Waals surface area contributed by atoms with E-state index < -0.39 is 24.3 Å². The zero-order chi connectivity index (χ0) is 56.2. The van der Waals surface area contributed by atoms with Gasteiger partial charge in [-0.05, 0) is 109 Å². The van der Waals surface area contributed by atoms with Gasteiger partial charge in [0, 0.05) is 12.8 Å². The van der Waals surface area contributed by atoms with Crippen LogP contribution in [0.25, 0.3) is 0 Å². The summed E-state index contributed by atoms with van der Waals surface area (Å²) in [5.74, 6) is -2.05. The Morgan fingerprint density at radius 1 is 0.390 bits per heavy atom. The number of ether oxygens (including phenoxy) is 4. The quantitative estimate of drug-likeness (QED) is 0.0211. The highest BCUT2D eigenvalue weighted by molar-refractivity contribution is 5.71. The lowest BCUT2D eigenvalue weighted by atomic mass is 10.0. The van der Waals surface area contributed by atoms with Gasteiger partial charge >= 0.3 is 17.9 Å². The molecule has 0 aliphatic heterocycles. The van der Waals surface area contributed by atoms with E-state index in [-0.39, 0.29) is 38.6 Å². The van der Waals surface area contributed by atoms with Crippen LogP contribution in [-0.2, 0) is 33.3 Å². The van der Waals surface area contributed by atoms with Gasteiger partial charge in [0.1, 0.15) is 13.2 Å². The Balaban J connectivity index is 4.26. The zero-order valence-electron chi connectivity index (χ0n) is 49.6. The van der Waals surface area contributed by atoms with E-state index in [9.17, 15) is 19.5 Å². The number of carboxylic acids is 1. The van der Waals surface area contributed by atoms with Crippen molar-refractivity contribution in [2.24, 2.45) is 0 Å². The Kier molecular flexibility index (Phi) is 54.2. The van der Waals surface area contributed by atoms with Crippen LogP contribution in [0.2, 0.25) is 0 Å². The Hall–Kier alpha value is -4.57. The lowest BCUT2D eigenvalue weighted by Gasteiger charge is -2.25. The topological polar surface area (TPSA) is 108 Å². The number of quaternary nitrogens is 1. The predicted molar refractivity (Wildman–Crippen MR) is 327 cm³/mol. The summed E-state index contributed by atoms with van der Waals surface area (Å²) in [7, 11) is 5.95. The fourth-order valence-corrected chi connectivity index (χ4v) is 7.81.